The van der Waals surface area contributed by atoms with Crippen LogP contribution in [0.3, 0.4) is 0 Å². The lowest BCUT2D eigenvalue weighted by molar-refractivity contribution is 0.364. The Kier molecular flexibility index (Phi) is 5.18. The van der Waals surface area contributed by atoms with E-state index in [0.717, 1.165) is 17.9 Å². The lowest BCUT2D eigenvalue weighted by atomic mass is 10.0. The fourth-order valence-electron chi connectivity index (χ4n) is 1.91. The molecule has 1 rings (SSSR count). The van der Waals surface area contributed by atoms with E-state index in [0.29, 0.717) is 0 Å². The van der Waals surface area contributed by atoms with Gasteiger partial charge in [-0.1, -0.05) is 20.8 Å². The number of nitrogens with one attached hydrogen (secondary N) is 1. The molecule has 0 amide bonds. The van der Waals surface area contributed by atoms with Crippen LogP contribution in [0.1, 0.15) is 33.6 Å². The highest BCUT2D eigenvalue weighted by atomic mass is 32.2. The van der Waals surface area contributed by atoms with Gasteiger partial charge >= 0.3 is 0 Å². The molecule has 2 heteroatoms. The molecule has 1 nitrogen and oxygen atoms in total. The van der Waals surface area contributed by atoms with Crippen molar-refractivity contribution in [2.75, 3.05) is 18.1 Å². The number of hydrogen-bond acceptors (Lipinski definition) is 2. The molecule has 0 saturated carbocycles. The molecule has 0 aliphatic carbocycles. The van der Waals surface area contributed by atoms with Crippen LogP contribution in [0, 0.1) is 11.8 Å². The van der Waals surface area contributed by atoms with Gasteiger partial charge in [0.2, 0.25) is 0 Å². The fraction of sp³-hybridized carbons (Fsp3) is 1.00. The second-order valence-electron chi connectivity index (χ2n) is 4.40. The summed E-state index contributed by atoms with van der Waals surface area (Å²) in [4.78, 5) is 0. The first-order valence-corrected chi connectivity index (χ1v) is 6.70. The molecule has 78 valence electrons. The Morgan fingerprint density at radius 1 is 1.46 bits per heavy atom. The zero-order chi connectivity index (χ0) is 9.68. The monoisotopic (exact) mass is 201 g/mol. The Bertz CT molecular complexity index is 130. The maximum atomic E-state index is 3.70. The maximum Gasteiger partial charge on any atom is 0.00875 e. The third kappa shape index (κ3) is 3.90. The molecule has 2 atom stereocenters. The second kappa shape index (κ2) is 5.92. The van der Waals surface area contributed by atoms with Crippen LogP contribution in [0.25, 0.3) is 0 Å². The third-order valence-electron chi connectivity index (χ3n) is 2.94. The summed E-state index contributed by atoms with van der Waals surface area (Å²) in [5, 5.41) is 3.70. The lowest BCUT2D eigenvalue weighted by Crippen LogP contribution is -2.36. The van der Waals surface area contributed by atoms with Crippen LogP contribution in [-0.4, -0.2) is 24.1 Å². The molecule has 13 heavy (non-hydrogen) atoms. The van der Waals surface area contributed by atoms with Crippen molar-refractivity contribution in [3.05, 3.63) is 0 Å². The van der Waals surface area contributed by atoms with Crippen LogP contribution in [0.5, 0.6) is 0 Å². The highest BCUT2D eigenvalue weighted by Crippen LogP contribution is 2.22. The van der Waals surface area contributed by atoms with E-state index in [9.17, 15) is 0 Å². The van der Waals surface area contributed by atoms with Crippen LogP contribution in [0.15, 0.2) is 0 Å². The first-order chi connectivity index (χ1) is 6.24. The molecular formula is C11H23NS. The average Bonchev–Trinajstić information content (AvgIpc) is 2.57. The number of hydrogen-bond donors (Lipinski definition) is 1. The normalized spacial score (nSPS) is 25.4. The van der Waals surface area contributed by atoms with Gasteiger partial charge in [0.05, 0.1) is 0 Å². The van der Waals surface area contributed by atoms with E-state index in [1.54, 1.807) is 0 Å². The summed E-state index contributed by atoms with van der Waals surface area (Å²) < 4.78 is 0. The zero-order valence-corrected chi connectivity index (χ0v) is 9.99. The van der Waals surface area contributed by atoms with Crippen molar-refractivity contribution >= 4 is 11.8 Å². The van der Waals surface area contributed by atoms with Gasteiger partial charge in [0, 0.05) is 6.04 Å². The molecule has 1 aliphatic heterocycles. The quantitative estimate of drug-likeness (QED) is 0.734. The van der Waals surface area contributed by atoms with E-state index in [4.69, 9.17) is 0 Å². The van der Waals surface area contributed by atoms with Gasteiger partial charge in [-0.15, -0.1) is 0 Å². The molecule has 1 N–H and O–H groups in total. The fourth-order valence-corrected chi connectivity index (χ4v) is 3.20. The molecule has 1 aliphatic rings. The van der Waals surface area contributed by atoms with Crippen molar-refractivity contribution in [1.82, 2.24) is 5.32 Å². The summed E-state index contributed by atoms with van der Waals surface area (Å²) in [5.74, 6) is 4.48. The van der Waals surface area contributed by atoms with Gasteiger partial charge in [-0.05, 0) is 42.7 Å². The summed E-state index contributed by atoms with van der Waals surface area (Å²) in [6.45, 7) is 8.14. The van der Waals surface area contributed by atoms with Crippen molar-refractivity contribution in [2.24, 2.45) is 11.8 Å². The van der Waals surface area contributed by atoms with E-state index in [2.05, 4.69) is 37.8 Å². The molecule has 0 aromatic rings. The summed E-state index contributed by atoms with van der Waals surface area (Å²) in [7, 11) is 0. The molecule has 1 fully saturated rings. The molecule has 1 heterocycles. The standard InChI is InChI=1S/C11H23NS/c1-4-11(9(2)3)12-7-10-5-6-13-8-10/h9-12H,4-8H2,1-3H3. The van der Waals surface area contributed by atoms with E-state index >= 15 is 0 Å². The Labute approximate surface area is 87.1 Å². The minimum absolute atomic E-state index is 0.727. The van der Waals surface area contributed by atoms with Gasteiger partial charge in [0.1, 0.15) is 0 Å². The van der Waals surface area contributed by atoms with Crippen molar-refractivity contribution in [1.29, 1.82) is 0 Å². The van der Waals surface area contributed by atoms with E-state index in [1.807, 2.05) is 0 Å². The Hall–Kier alpha value is 0.310. The average molecular weight is 201 g/mol. The largest absolute Gasteiger partial charge is 0.313 e. The predicted octanol–water partition coefficient (Wildman–Crippen LogP) is 2.76. The molecule has 0 aromatic heterocycles. The van der Waals surface area contributed by atoms with E-state index in [-0.39, 0.29) is 0 Å². The molecule has 1 saturated heterocycles. The van der Waals surface area contributed by atoms with E-state index < -0.39 is 0 Å². The highest BCUT2D eigenvalue weighted by Gasteiger charge is 2.17. The van der Waals surface area contributed by atoms with Gasteiger partial charge in [0.25, 0.3) is 0 Å². The predicted molar refractivity (Wildman–Crippen MR) is 62.4 cm³/mol. The minimum atomic E-state index is 0.727. The van der Waals surface area contributed by atoms with Crippen LogP contribution in [0.4, 0.5) is 0 Å². The Morgan fingerprint density at radius 2 is 2.23 bits per heavy atom. The molecule has 0 aromatic carbocycles. The number of thioether (sulfide) groups is 1. The van der Waals surface area contributed by atoms with Gasteiger partial charge in [-0.2, -0.15) is 11.8 Å². The Balaban J connectivity index is 2.15. The third-order valence-corrected chi connectivity index (χ3v) is 4.17. The first-order valence-electron chi connectivity index (χ1n) is 5.55. The second-order valence-corrected chi connectivity index (χ2v) is 5.55. The Morgan fingerprint density at radius 3 is 2.69 bits per heavy atom. The van der Waals surface area contributed by atoms with Crippen LogP contribution < -0.4 is 5.32 Å². The SMILES string of the molecule is CCC(NCC1CCSC1)C(C)C. The summed E-state index contributed by atoms with van der Waals surface area (Å²) in [6.07, 6.45) is 2.68. The maximum absolute atomic E-state index is 3.70. The summed E-state index contributed by atoms with van der Waals surface area (Å²) >= 11 is 2.11. The van der Waals surface area contributed by atoms with Gasteiger partial charge in [0.15, 0.2) is 0 Å². The highest BCUT2D eigenvalue weighted by molar-refractivity contribution is 7.99. The van der Waals surface area contributed by atoms with Gasteiger partial charge in [-0.3, -0.25) is 0 Å². The molecule has 0 spiro atoms. The van der Waals surface area contributed by atoms with Crippen molar-refractivity contribution in [3.63, 3.8) is 0 Å². The number of rotatable bonds is 5. The summed E-state index contributed by atoms with van der Waals surface area (Å²) in [6, 6.07) is 0.727. The summed E-state index contributed by atoms with van der Waals surface area (Å²) in [5.41, 5.74) is 0. The van der Waals surface area contributed by atoms with Crippen LogP contribution >= 0.6 is 11.8 Å². The topological polar surface area (TPSA) is 12.0 Å². The first kappa shape index (κ1) is 11.4. The molecular weight excluding hydrogens is 178 g/mol. The van der Waals surface area contributed by atoms with Crippen LogP contribution in [-0.2, 0) is 0 Å². The van der Waals surface area contributed by atoms with Crippen LogP contribution in [0.2, 0.25) is 0 Å². The smallest absolute Gasteiger partial charge is 0.00875 e. The van der Waals surface area contributed by atoms with Gasteiger partial charge in [-0.25, -0.2) is 0 Å². The van der Waals surface area contributed by atoms with Crippen molar-refractivity contribution < 1.29 is 0 Å². The van der Waals surface area contributed by atoms with E-state index in [1.165, 1.54) is 30.9 Å². The van der Waals surface area contributed by atoms with Gasteiger partial charge < -0.3 is 5.32 Å². The lowest BCUT2D eigenvalue weighted by Gasteiger charge is -2.22. The minimum Gasteiger partial charge on any atom is -0.313 e. The molecule has 0 bridgehead atoms. The zero-order valence-electron chi connectivity index (χ0n) is 9.18. The molecule has 2 unspecified atom stereocenters. The van der Waals surface area contributed by atoms with Crippen molar-refractivity contribution in [3.8, 4) is 0 Å². The van der Waals surface area contributed by atoms with Crippen molar-refractivity contribution in [2.45, 2.75) is 39.7 Å². The molecule has 0 radical (unpaired) electrons.